The zero-order valence-corrected chi connectivity index (χ0v) is 10.5. The van der Waals surface area contributed by atoms with E-state index in [0.29, 0.717) is 0 Å². The molecule has 1 atom stereocenters. The van der Waals surface area contributed by atoms with Crippen LogP contribution in [0.3, 0.4) is 0 Å². The van der Waals surface area contributed by atoms with Gasteiger partial charge in [0.25, 0.3) is 10.1 Å². The minimum absolute atomic E-state index is 0.0216. The summed E-state index contributed by atoms with van der Waals surface area (Å²) in [6.07, 6.45) is -0.165. The van der Waals surface area contributed by atoms with Gasteiger partial charge in [0, 0.05) is 6.42 Å². The average Bonchev–Trinajstić information content (AvgIpc) is 2.55. The van der Waals surface area contributed by atoms with Crippen LogP contribution in [0.5, 0.6) is 0 Å². The number of carbonyl (C=O) groups excluding carboxylic acids is 2. The summed E-state index contributed by atoms with van der Waals surface area (Å²) >= 11 is 5.72. The summed E-state index contributed by atoms with van der Waals surface area (Å²) in [5, 5.41) is 1.87. The summed E-state index contributed by atoms with van der Waals surface area (Å²) in [4.78, 5) is 22.1. The molecule has 0 spiro atoms. The third-order valence-electron chi connectivity index (χ3n) is 2.60. The van der Waals surface area contributed by atoms with Crippen molar-refractivity contribution in [3.63, 3.8) is 0 Å². The maximum Gasteiger partial charge on any atom is 0.296 e. The summed E-state index contributed by atoms with van der Waals surface area (Å²) in [5.41, 5.74) is 0.0216. The average molecular weight is 290 g/mol. The lowest BCUT2D eigenvalue weighted by Crippen LogP contribution is -2.22. The van der Waals surface area contributed by atoms with E-state index < -0.39 is 32.7 Å². The molecule has 1 aliphatic heterocycles. The topological polar surface area (TPSA) is 101 Å². The molecule has 1 aromatic rings. The SMILES string of the molecule is O=C1CC(c2cccc(Cl)c2S(=O)(=O)O)C(=O)N1. The molecule has 6 nitrogen and oxygen atoms in total. The molecule has 1 heterocycles. The second kappa shape index (κ2) is 4.34. The van der Waals surface area contributed by atoms with Crippen molar-refractivity contribution in [3.8, 4) is 0 Å². The molecule has 96 valence electrons. The Labute approximate surface area is 108 Å². The van der Waals surface area contributed by atoms with E-state index in [9.17, 15) is 18.0 Å². The number of amides is 2. The molecule has 1 fully saturated rings. The van der Waals surface area contributed by atoms with Crippen molar-refractivity contribution in [3.05, 3.63) is 28.8 Å². The number of imide groups is 1. The molecule has 0 saturated carbocycles. The highest BCUT2D eigenvalue weighted by Gasteiger charge is 2.36. The van der Waals surface area contributed by atoms with Gasteiger partial charge in [0.2, 0.25) is 11.8 Å². The van der Waals surface area contributed by atoms with Crippen LogP contribution in [0.4, 0.5) is 0 Å². The highest BCUT2D eigenvalue weighted by molar-refractivity contribution is 7.86. The van der Waals surface area contributed by atoms with Crippen molar-refractivity contribution in [1.29, 1.82) is 0 Å². The van der Waals surface area contributed by atoms with Crippen molar-refractivity contribution < 1.29 is 22.6 Å². The van der Waals surface area contributed by atoms with Gasteiger partial charge in [-0.1, -0.05) is 23.7 Å². The standard InChI is InChI=1S/C10H8ClNO5S/c11-7-3-1-2-5(9(7)18(15,16)17)6-4-8(13)12-10(6)14/h1-3,6H,4H2,(H,12,13,14)(H,15,16,17). The summed E-state index contributed by atoms with van der Waals surface area (Å²) in [6.45, 7) is 0. The zero-order valence-electron chi connectivity index (χ0n) is 8.88. The van der Waals surface area contributed by atoms with Gasteiger partial charge < -0.3 is 0 Å². The molecule has 0 aromatic heterocycles. The van der Waals surface area contributed by atoms with Gasteiger partial charge in [-0.05, 0) is 11.6 Å². The van der Waals surface area contributed by atoms with Crippen LogP contribution in [0.25, 0.3) is 0 Å². The molecular formula is C10H8ClNO5S. The molecule has 2 rings (SSSR count). The molecular weight excluding hydrogens is 282 g/mol. The molecule has 18 heavy (non-hydrogen) atoms. The van der Waals surface area contributed by atoms with Crippen molar-refractivity contribution in [2.24, 2.45) is 0 Å². The fourth-order valence-corrected chi connectivity index (χ4v) is 3.17. The Morgan fingerprint density at radius 2 is 2.00 bits per heavy atom. The Hall–Kier alpha value is -1.44. The summed E-state index contributed by atoms with van der Waals surface area (Å²) in [6, 6.07) is 4.07. The summed E-state index contributed by atoms with van der Waals surface area (Å²) in [5.74, 6) is -2.05. The van der Waals surface area contributed by atoms with Crippen molar-refractivity contribution >= 4 is 33.5 Å². The Balaban J connectivity index is 2.62. The second-order valence-corrected chi connectivity index (χ2v) is 5.57. The van der Waals surface area contributed by atoms with Gasteiger partial charge in [0.1, 0.15) is 4.90 Å². The summed E-state index contributed by atoms with van der Waals surface area (Å²) in [7, 11) is -4.57. The molecule has 1 unspecified atom stereocenters. The molecule has 8 heteroatoms. The molecule has 0 radical (unpaired) electrons. The highest BCUT2D eigenvalue weighted by atomic mass is 35.5. The van der Waals surface area contributed by atoms with Crippen LogP contribution in [-0.4, -0.2) is 24.8 Å². The lowest BCUT2D eigenvalue weighted by atomic mass is 9.97. The van der Waals surface area contributed by atoms with Gasteiger partial charge in [-0.2, -0.15) is 8.42 Å². The van der Waals surface area contributed by atoms with Gasteiger partial charge in [0.05, 0.1) is 10.9 Å². The third kappa shape index (κ3) is 2.24. The maximum atomic E-state index is 11.5. The number of benzene rings is 1. The Morgan fingerprint density at radius 3 is 2.50 bits per heavy atom. The van der Waals surface area contributed by atoms with Crippen LogP contribution >= 0.6 is 11.6 Å². The smallest absolute Gasteiger partial charge is 0.296 e. The van der Waals surface area contributed by atoms with Crippen molar-refractivity contribution in [2.45, 2.75) is 17.2 Å². The van der Waals surface area contributed by atoms with E-state index in [0.717, 1.165) is 0 Å². The minimum Gasteiger partial charge on any atom is -0.296 e. The molecule has 1 aromatic carbocycles. The monoisotopic (exact) mass is 289 g/mol. The highest BCUT2D eigenvalue weighted by Crippen LogP contribution is 2.33. The quantitative estimate of drug-likeness (QED) is 0.617. The first-order valence-electron chi connectivity index (χ1n) is 4.90. The second-order valence-electron chi connectivity index (χ2n) is 3.80. The Kier molecular flexibility index (Phi) is 3.14. The third-order valence-corrected chi connectivity index (χ3v) is 4.00. The van der Waals surface area contributed by atoms with Crippen LogP contribution in [0.2, 0.25) is 5.02 Å². The predicted octanol–water partition coefficient (Wildman–Crippen LogP) is 0.717. The van der Waals surface area contributed by atoms with E-state index in [1.165, 1.54) is 18.2 Å². The van der Waals surface area contributed by atoms with Gasteiger partial charge >= 0.3 is 0 Å². The number of rotatable bonds is 2. The van der Waals surface area contributed by atoms with Crippen LogP contribution in [0, 0.1) is 0 Å². The normalized spacial score (nSPS) is 20.0. The number of hydrogen-bond acceptors (Lipinski definition) is 4. The fraction of sp³-hybridized carbons (Fsp3) is 0.200. The molecule has 1 saturated heterocycles. The van der Waals surface area contributed by atoms with Crippen LogP contribution in [-0.2, 0) is 19.7 Å². The molecule has 2 amide bonds. The predicted molar refractivity (Wildman–Crippen MR) is 61.8 cm³/mol. The first-order valence-corrected chi connectivity index (χ1v) is 6.72. The van der Waals surface area contributed by atoms with E-state index in [1.54, 1.807) is 0 Å². The van der Waals surface area contributed by atoms with Crippen molar-refractivity contribution in [1.82, 2.24) is 5.32 Å². The lowest BCUT2D eigenvalue weighted by molar-refractivity contribution is -0.125. The first kappa shape index (κ1) is 13.0. The van der Waals surface area contributed by atoms with E-state index in [1.807, 2.05) is 0 Å². The van der Waals surface area contributed by atoms with Gasteiger partial charge in [-0.25, -0.2) is 0 Å². The molecule has 2 N–H and O–H groups in total. The van der Waals surface area contributed by atoms with Crippen LogP contribution in [0.1, 0.15) is 17.9 Å². The van der Waals surface area contributed by atoms with E-state index >= 15 is 0 Å². The van der Waals surface area contributed by atoms with E-state index in [-0.39, 0.29) is 17.0 Å². The first-order chi connectivity index (χ1) is 8.30. The van der Waals surface area contributed by atoms with Crippen LogP contribution < -0.4 is 5.32 Å². The Bertz CT molecular complexity index is 640. The van der Waals surface area contributed by atoms with Gasteiger partial charge in [-0.3, -0.25) is 19.5 Å². The zero-order chi connectivity index (χ0) is 13.5. The fourth-order valence-electron chi connectivity index (χ4n) is 1.88. The Morgan fingerprint density at radius 1 is 1.33 bits per heavy atom. The van der Waals surface area contributed by atoms with Crippen LogP contribution in [0.15, 0.2) is 23.1 Å². The maximum absolute atomic E-state index is 11.5. The molecule has 0 bridgehead atoms. The molecule has 0 aliphatic carbocycles. The summed E-state index contributed by atoms with van der Waals surface area (Å²) < 4.78 is 31.7. The van der Waals surface area contributed by atoms with Gasteiger partial charge in [0.15, 0.2) is 0 Å². The largest absolute Gasteiger partial charge is 0.296 e. The van der Waals surface area contributed by atoms with Gasteiger partial charge in [-0.15, -0.1) is 0 Å². The lowest BCUT2D eigenvalue weighted by Gasteiger charge is -2.12. The molecule has 1 aliphatic rings. The number of halogens is 1. The number of hydrogen-bond donors (Lipinski definition) is 2. The van der Waals surface area contributed by atoms with E-state index in [4.69, 9.17) is 16.2 Å². The van der Waals surface area contributed by atoms with Crippen molar-refractivity contribution in [2.75, 3.05) is 0 Å². The van der Waals surface area contributed by atoms with E-state index in [2.05, 4.69) is 5.32 Å². The number of nitrogens with one attached hydrogen (secondary N) is 1. The minimum atomic E-state index is -4.57. The number of carbonyl (C=O) groups is 2.